The maximum atomic E-state index is 12.1. The molecule has 1 aromatic heterocycles. The number of furan rings is 1. The third-order valence-corrected chi connectivity index (χ3v) is 2.83. The van der Waals surface area contributed by atoms with E-state index >= 15 is 0 Å². The Morgan fingerprint density at radius 2 is 1.90 bits per heavy atom. The first-order chi connectivity index (χ1) is 10.2. The van der Waals surface area contributed by atoms with Crippen molar-refractivity contribution in [2.75, 3.05) is 0 Å². The van der Waals surface area contributed by atoms with E-state index in [1.54, 1.807) is 36.6 Å². The average molecular weight is 279 g/mol. The SMILES string of the molecule is C\C=C/C(/C=C/c1ccco1)=N\C(=O)c1ccc(C)cc1. The fourth-order valence-corrected chi connectivity index (χ4v) is 1.73. The van der Waals surface area contributed by atoms with E-state index in [2.05, 4.69) is 4.99 Å². The molecule has 0 spiro atoms. The number of benzene rings is 1. The largest absolute Gasteiger partial charge is 0.465 e. The zero-order chi connectivity index (χ0) is 15.1. The van der Waals surface area contributed by atoms with Crippen LogP contribution < -0.4 is 0 Å². The van der Waals surface area contributed by atoms with Gasteiger partial charge >= 0.3 is 0 Å². The Morgan fingerprint density at radius 3 is 2.52 bits per heavy atom. The first-order valence-electron chi connectivity index (χ1n) is 6.73. The minimum absolute atomic E-state index is 0.257. The minimum Gasteiger partial charge on any atom is -0.465 e. The van der Waals surface area contributed by atoms with Crippen LogP contribution in [0.3, 0.4) is 0 Å². The Morgan fingerprint density at radius 1 is 1.14 bits per heavy atom. The third kappa shape index (κ3) is 4.42. The molecule has 3 nitrogen and oxygen atoms in total. The van der Waals surface area contributed by atoms with Crippen molar-refractivity contribution in [3.8, 4) is 0 Å². The highest BCUT2D eigenvalue weighted by atomic mass is 16.3. The van der Waals surface area contributed by atoms with Crippen molar-refractivity contribution in [2.24, 2.45) is 4.99 Å². The van der Waals surface area contributed by atoms with E-state index in [-0.39, 0.29) is 5.91 Å². The lowest BCUT2D eigenvalue weighted by Crippen LogP contribution is -1.99. The molecule has 0 fully saturated rings. The van der Waals surface area contributed by atoms with Crippen LogP contribution in [0.25, 0.3) is 6.08 Å². The zero-order valence-electron chi connectivity index (χ0n) is 12.1. The molecule has 0 saturated carbocycles. The molecule has 1 heterocycles. The summed E-state index contributed by atoms with van der Waals surface area (Å²) in [6.07, 6.45) is 8.76. The molecular weight excluding hydrogens is 262 g/mol. The van der Waals surface area contributed by atoms with Crippen LogP contribution >= 0.6 is 0 Å². The maximum Gasteiger partial charge on any atom is 0.277 e. The normalized spacial score (nSPS) is 12.4. The van der Waals surface area contributed by atoms with Gasteiger partial charge in [-0.2, -0.15) is 0 Å². The number of allylic oxidation sites excluding steroid dienone is 3. The summed E-state index contributed by atoms with van der Waals surface area (Å²) in [5.41, 5.74) is 2.27. The molecule has 0 N–H and O–H groups in total. The van der Waals surface area contributed by atoms with Crippen molar-refractivity contribution in [3.05, 3.63) is 77.8 Å². The molecule has 106 valence electrons. The van der Waals surface area contributed by atoms with E-state index in [1.165, 1.54) is 0 Å². The van der Waals surface area contributed by atoms with Gasteiger partial charge < -0.3 is 4.42 Å². The number of nitrogens with zero attached hydrogens (tertiary/aromatic N) is 1. The van der Waals surface area contributed by atoms with Gasteiger partial charge in [0.05, 0.1) is 12.0 Å². The van der Waals surface area contributed by atoms with Crippen molar-refractivity contribution < 1.29 is 9.21 Å². The molecule has 0 atom stereocenters. The van der Waals surface area contributed by atoms with Crippen molar-refractivity contribution >= 4 is 17.7 Å². The molecule has 1 aromatic carbocycles. The lowest BCUT2D eigenvalue weighted by atomic mass is 10.1. The van der Waals surface area contributed by atoms with Gasteiger partial charge in [0.2, 0.25) is 0 Å². The van der Waals surface area contributed by atoms with Gasteiger partial charge in [-0.3, -0.25) is 4.79 Å². The Bertz CT molecular complexity index is 675. The minimum atomic E-state index is -0.257. The van der Waals surface area contributed by atoms with Crippen molar-refractivity contribution in [1.29, 1.82) is 0 Å². The number of aliphatic imine (C=N–C) groups is 1. The van der Waals surface area contributed by atoms with Crippen LogP contribution in [0.4, 0.5) is 0 Å². The molecule has 0 saturated heterocycles. The topological polar surface area (TPSA) is 42.6 Å². The Hall–Kier alpha value is -2.68. The first-order valence-corrected chi connectivity index (χ1v) is 6.73. The predicted molar refractivity (Wildman–Crippen MR) is 85.5 cm³/mol. The van der Waals surface area contributed by atoms with Crippen LogP contribution in [0.2, 0.25) is 0 Å². The average Bonchev–Trinajstić information content (AvgIpc) is 2.99. The molecule has 1 amide bonds. The highest BCUT2D eigenvalue weighted by Crippen LogP contribution is 2.07. The highest BCUT2D eigenvalue weighted by molar-refractivity contribution is 6.13. The number of amides is 1. The van der Waals surface area contributed by atoms with Crippen LogP contribution in [-0.4, -0.2) is 11.6 Å². The molecule has 0 bridgehead atoms. The van der Waals surface area contributed by atoms with E-state index < -0.39 is 0 Å². The molecule has 0 radical (unpaired) electrons. The highest BCUT2D eigenvalue weighted by Gasteiger charge is 2.03. The summed E-state index contributed by atoms with van der Waals surface area (Å²) in [4.78, 5) is 16.3. The van der Waals surface area contributed by atoms with E-state index in [0.717, 1.165) is 11.3 Å². The fraction of sp³-hybridized carbons (Fsp3) is 0.111. The van der Waals surface area contributed by atoms with E-state index in [9.17, 15) is 4.79 Å². The standard InChI is InChI=1S/C18H17NO2/c1-3-5-16(11-12-17-6-4-13-21-17)19-18(20)15-9-7-14(2)8-10-15/h3-13H,1-2H3/b5-3-,12-11+,19-16+. The van der Waals surface area contributed by atoms with Gasteiger partial charge in [0.15, 0.2) is 0 Å². The summed E-state index contributed by atoms with van der Waals surface area (Å²) in [5.74, 6) is 0.460. The van der Waals surface area contributed by atoms with E-state index in [4.69, 9.17) is 4.42 Å². The van der Waals surface area contributed by atoms with Gasteiger partial charge in [0.1, 0.15) is 5.76 Å². The number of carbonyl (C=O) groups is 1. The second-order valence-corrected chi connectivity index (χ2v) is 4.56. The van der Waals surface area contributed by atoms with E-state index in [1.807, 2.05) is 44.2 Å². The quantitative estimate of drug-likeness (QED) is 0.775. The third-order valence-electron chi connectivity index (χ3n) is 2.83. The summed E-state index contributed by atoms with van der Waals surface area (Å²) in [5, 5.41) is 0. The molecular formula is C18H17NO2. The smallest absolute Gasteiger partial charge is 0.277 e. The second-order valence-electron chi connectivity index (χ2n) is 4.56. The van der Waals surface area contributed by atoms with Gasteiger partial charge in [-0.1, -0.05) is 23.8 Å². The first kappa shape index (κ1) is 14.7. The number of aryl methyl sites for hydroxylation is 1. The number of hydrogen-bond donors (Lipinski definition) is 0. The van der Waals surface area contributed by atoms with Crippen molar-refractivity contribution in [2.45, 2.75) is 13.8 Å². The van der Waals surface area contributed by atoms with Crippen LogP contribution in [0.15, 0.2) is 70.3 Å². The zero-order valence-corrected chi connectivity index (χ0v) is 12.1. The molecule has 2 rings (SSSR count). The number of rotatable bonds is 4. The Balaban J connectivity index is 2.20. The fourth-order valence-electron chi connectivity index (χ4n) is 1.73. The summed E-state index contributed by atoms with van der Waals surface area (Å²) in [6, 6.07) is 11.0. The van der Waals surface area contributed by atoms with Gasteiger partial charge in [-0.05, 0) is 56.3 Å². The molecule has 0 aliphatic carbocycles. The van der Waals surface area contributed by atoms with Gasteiger partial charge in [-0.25, -0.2) is 4.99 Å². The Kier molecular flexibility index (Phi) is 5.04. The number of hydrogen-bond acceptors (Lipinski definition) is 2. The van der Waals surface area contributed by atoms with Gasteiger partial charge in [0.25, 0.3) is 5.91 Å². The lowest BCUT2D eigenvalue weighted by Gasteiger charge is -1.98. The molecule has 21 heavy (non-hydrogen) atoms. The van der Waals surface area contributed by atoms with Crippen LogP contribution in [-0.2, 0) is 0 Å². The number of carbonyl (C=O) groups excluding carboxylic acids is 1. The summed E-state index contributed by atoms with van der Waals surface area (Å²) in [6.45, 7) is 3.86. The molecule has 2 aromatic rings. The summed E-state index contributed by atoms with van der Waals surface area (Å²) >= 11 is 0. The van der Waals surface area contributed by atoms with E-state index in [0.29, 0.717) is 11.3 Å². The molecule has 3 heteroatoms. The molecule has 0 unspecified atom stereocenters. The molecule has 0 aliphatic rings. The monoisotopic (exact) mass is 279 g/mol. The second kappa shape index (κ2) is 7.20. The maximum absolute atomic E-state index is 12.1. The van der Waals surface area contributed by atoms with Crippen molar-refractivity contribution in [1.82, 2.24) is 0 Å². The Labute approximate surface area is 124 Å². The lowest BCUT2D eigenvalue weighted by molar-refractivity contribution is 0.100. The molecule has 0 aliphatic heterocycles. The van der Waals surface area contributed by atoms with Crippen molar-refractivity contribution in [3.63, 3.8) is 0 Å². The van der Waals surface area contributed by atoms with Gasteiger partial charge in [0, 0.05) is 5.56 Å². The van der Waals surface area contributed by atoms with Crippen LogP contribution in [0.5, 0.6) is 0 Å². The van der Waals surface area contributed by atoms with Gasteiger partial charge in [-0.15, -0.1) is 0 Å². The summed E-state index contributed by atoms with van der Waals surface area (Å²) in [7, 11) is 0. The predicted octanol–water partition coefficient (Wildman–Crippen LogP) is 4.46. The van der Waals surface area contributed by atoms with Crippen LogP contribution in [0, 0.1) is 6.92 Å². The van der Waals surface area contributed by atoms with Crippen LogP contribution in [0.1, 0.15) is 28.6 Å². The summed E-state index contributed by atoms with van der Waals surface area (Å²) < 4.78 is 5.21.